The van der Waals surface area contributed by atoms with Crippen LogP contribution in [0, 0.1) is 17.2 Å². The highest BCUT2D eigenvalue weighted by Gasteiger charge is 2.54. The average Bonchev–Trinajstić information content (AvgIpc) is 2.62. The molecule has 0 amide bonds. The summed E-state index contributed by atoms with van der Waals surface area (Å²) in [5, 5.41) is 10.4. The number of nitriles is 1. The van der Waals surface area contributed by atoms with Crippen LogP contribution in [0.1, 0.15) is 31.2 Å². The molecule has 0 aromatic heterocycles. The molecular formula is C19H24ClN3O2. The van der Waals surface area contributed by atoms with Crippen LogP contribution in [0.25, 0.3) is 0 Å². The number of nitrogens with zero attached hydrogens (tertiary/aromatic N) is 2. The second-order valence-electron chi connectivity index (χ2n) is 6.69. The van der Waals surface area contributed by atoms with E-state index >= 15 is 0 Å². The number of rotatable bonds is 4. The van der Waals surface area contributed by atoms with Crippen molar-refractivity contribution in [2.45, 2.75) is 31.5 Å². The van der Waals surface area contributed by atoms with Gasteiger partial charge >= 0.3 is 0 Å². The van der Waals surface area contributed by atoms with E-state index in [1.165, 1.54) is 0 Å². The molecule has 2 aliphatic heterocycles. The summed E-state index contributed by atoms with van der Waals surface area (Å²) in [7, 11) is 1.66. The Kier molecular flexibility index (Phi) is 5.24. The zero-order chi connectivity index (χ0) is 18.0. The molecule has 3 rings (SSSR count). The highest BCUT2D eigenvalue weighted by Crippen LogP contribution is 2.49. The van der Waals surface area contributed by atoms with Gasteiger partial charge in [0.2, 0.25) is 11.7 Å². The highest BCUT2D eigenvalue weighted by atomic mass is 35.5. The zero-order valence-electron chi connectivity index (χ0n) is 14.7. The lowest BCUT2D eigenvalue weighted by molar-refractivity contribution is -0.266. The van der Waals surface area contributed by atoms with Gasteiger partial charge in [-0.25, -0.2) is 0 Å². The van der Waals surface area contributed by atoms with Gasteiger partial charge in [0.25, 0.3) is 0 Å². The molecule has 3 atom stereocenters. The first-order valence-corrected chi connectivity index (χ1v) is 9.04. The van der Waals surface area contributed by atoms with E-state index in [2.05, 4.69) is 17.9 Å². The summed E-state index contributed by atoms with van der Waals surface area (Å²) >= 11 is 6.05. The maximum absolute atomic E-state index is 9.72. The molecule has 0 aliphatic carbocycles. The number of allylic oxidation sites excluding steroid dienone is 1. The standard InChI is InChI=1S/C19H24ClN3O2/c1-3-9-23-10-8-19(24-2)16(12-23)17(15(11-21)18(22)25-19)13-4-6-14(20)7-5-13/h4-7,16-17H,3,8-10,12,22H2,1-2H3/t16-,17+,19+/m0/s1. The van der Waals surface area contributed by atoms with Gasteiger partial charge in [-0.2, -0.15) is 5.26 Å². The van der Waals surface area contributed by atoms with E-state index in [-0.39, 0.29) is 17.7 Å². The fourth-order valence-corrected chi connectivity index (χ4v) is 4.22. The van der Waals surface area contributed by atoms with Gasteiger partial charge in [0.15, 0.2) is 0 Å². The van der Waals surface area contributed by atoms with Gasteiger partial charge in [0.05, 0.1) is 5.57 Å². The Bertz CT molecular complexity index is 698. The Morgan fingerprint density at radius 2 is 2.16 bits per heavy atom. The zero-order valence-corrected chi connectivity index (χ0v) is 15.4. The SMILES string of the molecule is CCCN1CC[C@@]2(OC)OC(N)=C(C#N)[C@@H](c3ccc(Cl)cc3)[C@@H]2C1. The number of benzene rings is 1. The van der Waals surface area contributed by atoms with Crippen LogP contribution in [-0.2, 0) is 9.47 Å². The fraction of sp³-hybridized carbons (Fsp3) is 0.526. The molecule has 0 bridgehead atoms. The van der Waals surface area contributed by atoms with Gasteiger partial charge in [-0.15, -0.1) is 0 Å². The number of piperidine rings is 1. The normalized spacial score (nSPS) is 29.7. The number of hydrogen-bond donors (Lipinski definition) is 1. The molecule has 6 heteroatoms. The smallest absolute Gasteiger partial charge is 0.218 e. The minimum Gasteiger partial charge on any atom is -0.446 e. The third kappa shape index (κ3) is 3.22. The largest absolute Gasteiger partial charge is 0.446 e. The van der Waals surface area contributed by atoms with E-state index in [9.17, 15) is 5.26 Å². The molecular weight excluding hydrogens is 338 g/mol. The first kappa shape index (κ1) is 18.1. The van der Waals surface area contributed by atoms with Crippen LogP contribution in [0.3, 0.4) is 0 Å². The fourth-order valence-electron chi connectivity index (χ4n) is 4.10. The van der Waals surface area contributed by atoms with Crippen molar-refractivity contribution in [2.75, 3.05) is 26.7 Å². The molecule has 134 valence electrons. The predicted octanol–water partition coefficient (Wildman–Crippen LogP) is 3.22. The third-order valence-electron chi connectivity index (χ3n) is 5.29. The molecule has 0 spiro atoms. The molecule has 0 radical (unpaired) electrons. The molecule has 1 aromatic carbocycles. The Balaban J connectivity index is 2.07. The Labute approximate surface area is 153 Å². The van der Waals surface area contributed by atoms with Crippen molar-refractivity contribution < 1.29 is 9.47 Å². The molecule has 1 saturated heterocycles. The topological polar surface area (TPSA) is 71.5 Å². The van der Waals surface area contributed by atoms with Gasteiger partial charge in [0.1, 0.15) is 6.07 Å². The van der Waals surface area contributed by atoms with Crippen LogP contribution >= 0.6 is 11.6 Å². The predicted molar refractivity (Wildman–Crippen MR) is 96.7 cm³/mol. The summed E-state index contributed by atoms with van der Waals surface area (Å²) in [6.07, 6.45) is 1.81. The molecule has 2 aliphatic rings. The van der Waals surface area contributed by atoms with Crippen LogP contribution in [-0.4, -0.2) is 37.4 Å². The molecule has 2 N–H and O–H groups in total. The number of methoxy groups -OCH3 is 1. The minimum absolute atomic E-state index is 0.0130. The van der Waals surface area contributed by atoms with E-state index < -0.39 is 5.79 Å². The summed E-state index contributed by atoms with van der Waals surface area (Å²) in [5.74, 6) is -0.806. The first-order valence-electron chi connectivity index (χ1n) is 8.66. The van der Waals surface area contributed by atoms with Gasteiger partial charge in [0, 0.05) is 43.5 Å². The molecule has 25 heavy (non-hydrogen) atoms. The van der Waals surface area contributed by atoms with Crippen LogP contribution in [0.4, 0.5) is 0 Å². The van der Waals surface area contributed by atoms with Crippen molar-refractivity contribution in [3.8, 4) is 6.07 Å². The van der Waals surface area contributed by atoms with Crippen molar-refractivity contribution >= 4 is 11.6 Å². The summed E-state index contributed by atoms with van der Waals surface area (Å²) in [6.45, 7) is 4.88. The van der Waals surface area contributed by atoms with E-state index in [1.54, 1.807) is 7.11 Å². The second kappa shape index (κ2) is 7.25. The first-order chi connectivity index (χ1) is 12.0. The van der Waals surface area contributed by atoms with Crippen molar-refractivity contribution in [2.24, 2.45) is 11.7 Å². The van der Waals surface area contributed by atoms with E-state index in [4.69, 9.17) is 26.8 Å². The summed E-state index contributed by atoms with van der Waals surface area (Å²) < 4.78 is 11.8. The highest BCUT2D eigenvalue weighted by molar-refractivity contribution is 6.30. The van der Waals surface area contributed by atoms with Gasteiger partial charge < -0.3 is 20.1 Å². The van der Waals surface area contributed by atoms with Crippen molar-refractivity contribution in [1.29, 1.82) is 5.26 Å². The third-order valence-corrected chi connectivity index (χ3v) is 5.54. The summed E-state index contributed by atoms with van der Waals surface area (Å²) in [6, 6.07) is 9.87. The lowest BCUT2D eigenvalue weighted by Gasteiger charge is -2.51. The van der Waals surface area contributed by atoms with Crippen LogP contribution in [0.2, 0.25) is 5.02 Å². The molecule has 5 nitrogen and oxygen atoms in total. The lowest BCUT2D eigenvalue weighted by Crippen LogP contribution is -2.59. The number of nitrogens with two attached hydrogens (primary N) is 1. The maximum Gasteiger partial charge on any atom is 0.218 e. The molecule has 0 unspecified atom stereocenters. The molecule has 2 heterocycles. The van der Waals surface area contributed by atoms with E-state index in [1.807, 2.05) is 24.3 Å². The van der Waals surface area contributed by atoms with Gasteiger partial charge in [-0.05, 0) is 30.7 Å². The van der Waals surface area contributed by atoms with Crippen molar-refractivity contribution in [1.82, 2.24) is 4.90 Å². The molecule has 1 aromatic rings. The van der Waals surface area contributed by atoms with E-state index in [0.717, 1.165) is 38.0 Å². The Morgan fingerprint density at radius 3 is 2.76 bits per heavy atom. The van der Waals surface area contributed by atoms with Crippen LogP contribution in [0.5, 0.6) is 0 Å². The number of halogens is 1. The summed E-state index contributed by atoms with van der Waals surface area (Å²) in [4.78, 5) is 2.41. The average molecular weight is 362 g/mol. The van der Waals surface area contributed by atoms with Crippen LogP contribution < -0.4 is 5.73 Å². The van der Waals surface area contributed by atoms with E-state index in [0.29, 0.717) is 10.6 Å². The number of likely N-dealkylation sites (tertiary alicyclic amines) is 1. The number of ether oxygens (including phenoxy) is 2. The quantitative estimate of drug-likeness (QED) is 0.891. The van der Waals surface area contributed by atoms with Crippen molar-refractivity contribution in [3.05, 3.63) is 46.3 Å². The van der Waals surface area contributed by atoms with Crippen LogP contribution in [0.15, 0.2) is 35.7 Å². The Morgan fingerprint density at radius 1 is 1.44 bits per heavy atom. The lowest BCUT2D eigenvalue weighted by atomic mass is 9.72. The van der Waals surface area contributed by atoms with Gasteiger partial charge in [-0.1, -0.05) is 30.7 Å². The minimum atomic E-state index is -0.793. The van der Waals surface area contributed by atoms with Gasteiger partial charge in [-0.3, -0.25) is 0 Å². The monoisotopic (exact) mass is 361 g/mol. The van der Waals surface area contributed by atoms with Crippen molar-refractivity contribution in [3.63, 3.8) is 0 Å². The second-order valence-corrected chi connectivity index (χ2v) is 7.13. The Hall–Kier alpha value is -1.74. The number of fused-ring (bicyclic) bond motifs is 1. The summed E-state index contributed by atoms with van der Waals surface area (Å²) in [5.41, 5.74) is 7.61. The molecule has 1 fully saturated rings. The maximum atomic E-state index is 9.72. The number of hydrogen-bond acceptors (Lipinski definition) is 5. The molecule has 0 saturated carbocycles.